The predicted molar refractivity (Wildman–Crippen MR) is 239 cm³/mol. The number of rotatable bonds is 14. The number of Topliss-reactive ketones (excluding diaryl/α,β-unsaturated/α-hetero) is 1. The third-order valence-electron chi connectivity index (χ3n) is 17.7. The van der Waals surface area contributed by atoms with Crippen LogP contribution in [0, 0.1) is 47.3 Å². The van der Waals surface area contributed by atoms with Crippen LogP contribution in [0.2, 0.25) is 0 Å². The van der Waals surface area contributed by atoms with Crippen LogP contribution in [0.15, 0.2) is 12.2 Å². The fourth-order valence-corrected chi connectivity index (χ4v) is 12.7. The zero-order chi connectivity index (χ0) is 48.2. The fourth-order valence-electron chi connectivity index (χ4n) is 12.7. The molecule has 5 aliphatic heterocycles. The van der Waals surface area contributed by atoms with Gasteiger partial charge in [0.2, 0.25) is 5.79 Å². The van der Waals surface area contributed by atoms with E-state index >= 15 is 0 Å². The third kappa shape index (κ3) is 9.67. The molecule has 2 spiro atoms. The number of hydrogen-bond donors (Lipinski definition) is 7. The molecule has 0 amide bonds. The Hall–Kier alpha value is -1.60. The summed E-state index contributed by atoms with van der Waals surface area (Å²) < 4.78 is 39.9. The van der Waals surface area contributed by atoms with Crippen LogP contribution in [-0.2, 0) is 38.0 Å². The van der Waals surface area contributed by atoms with Gasteiger partial charge in [-0.15, -0.1) is 0 Å². The number of aliphatic hydroxyl groups is 7. The monoisotopic (exact) mass is 925 g/mol. The van der Waals surface area contributed by atoms with Crippen LogP contribution in [0.3, 0.4) is 0 Å². The summed E-state index contributed by atoms with van der Waals surface area (Å²) in [5, 5.41) is 75.7. The van der Waals surface area contributed by atoms with Gasteiger partial charge in [0.1, 0.15) is 30.2 Å². The Morgan fingerprint density at radius 3 is 2.15 bits per heavy atom. The fraction of sp³-hybridized carbons (Fsp3) is 0.920. The molecule has 5 fully saturated rings. The minimum Gasteiger partial charge on any atom is -0.459 e. The molecule has 374 valence electrons. The normalized spacial score (nSPS) is 48.1. The topological polar surface area (TPSA) is 231 Å². The Bertz CT molecular complexity index is 1680. The Labute approximate surface area is 386 Å². The summed E-state index contributed by atoms with van der Waals surface area (Å²) in [6.45, 7) is 21.0. The number of carbonyl (C=O) groups is 2. The maximum absolute atomic E-state index is 14.9. The highest BCUT2D eigenvalue weighted by Crippen LogP contribution is 2.55. The number of esters is 1. The summed E-state index contributed by atoms with van der Waals surface area (Å²) in [5.41, 5.74) is -2.65. The molecule has 1 aliphatic carbocycles. The summed E-state index contributed by atoms with van der Waals surface area (Å²) in [7, 11) is 0. The van der Waals surface area contributed by atoms with E-state index in [4.69, 9.17) is 28.4 Å². The smallest absolute Gasteiger partial charge is 0.311 e. The zero-order valence-electron chi connectivity index (χ0n) is 40.9. The lowest BCUT2D eigenvalue weighted by molar-refractivity contribution is -0.418. The van der Waals surface area contributed by atoms with Gasteiger partial charge in [-0.25, -0.2) is 0 Å². The van der Waals surface area contributed by atoms with E-state index in [9.17, 15) is 45.3 Å². The molecule has 0 aromatic carbocycles. The van der Waals surface area contributed by atoms with Gasteiger partial charge in [-0.05, 0) is 109 Å². The minimum absolute atomic E-state index is 0.00179. The molecule has 7 N–H and O–H groups in total. The SMILES string of the molecule is CC[C@@H](C(=O)OC1CC(CO)C(O)C(O)C1O)[C@H]1CC[C@H](C)[C@H]([C@@H](C)[C@H](O)[C@H](C)C(=O)[C@H](CC)[C@@]2(C)O[C@@]3(C=C[C@@H](O)[C@@]4(CCC([C@@]5(C)CC[C@](O)(CC)[C@H](C)O5)O4)O3)[C@H](C)C[C@@H]2C)O1. The van der Waals surface area contributed by atoms with E-state index < -0.39 is 132 Å². The second-order valence-electron chi connectivity index (χ2n) is 21.8. The second kappa shape index (κ2) is 20.0. The summed E-state index contributed by atoms with van der Waals surface area (Å²) in [6, 6.07) is 0. The van der Waals surface area contributed by atoms with Gasteiger partial charge in [0.15, 0.2) is 5.79 Å². The molecule has 1 saturated carbocycles. The molecule has 15 heteroatoms. The molecule has 6 rings (SSSR count). The standard InChI is InChI=1S/C50H84O15/c1-12-33(45(58)61-36-24-32(25-51)41(55)43(57)42(36)56)35-16-15-26(4)44(60-35)30(8)39(53)29(7)40(54)34(13-2)47(11)27(5)23-28(6)49(64-47)19-17-37(52)50(65-49)20-18-38(63-50)46(10)21-22-48(59,14-3)31(9)62-46/h17,19,26-39,41-44,51-53,55-57,59H,12-16,18,20-25H2,1-11H3/t26-,27-,28+,29-,30-,31-,32?,33+,34-,35+,36?,37+,38?,39+,41?,42?,43?,44+,46+,47-,48+,49+,50+/m0/s1. The van der Waals surface area contributed by atoms with Crippen LogP contribution in [0.4, 0.5) is 0 Å². The van der Waals surface area contributed by atoms with Gasteiger partial charge >= 0.3 is 5.97 Å². The van der Waals surface area contributed by atoms with Crippen molar-refractivity contribution in [1.82, 2.24) is 0 Å². The molecule has 0 bridgehead atoms. The Morgan fingerprint density at radius 2 is 1.54 bits per heavy atom. The molecule has 6 unspecified atom stereocenters. The molecule has 15 nitrogen and oxygen atoms in total. The van der Waals surface area contributed by atoms with Crippen molar-refractivity contribution in [1.29, 1.82) is 0 Å². The van der Waals surface area contributed by atoms with Crippen molar-refractivity contribution in [2.45, 2.75) is 236 Å². The van der Waals surface area contributed by atoms with Crippen molar-refractivity contribution in [3.63, 3.8) is 0 Å². The first-order valence-electron chi connectivity index (χ1n) is 25.0. The quantitative estimate of drug-likeness (QED) is 0.0940. The largest absolute Gasteiger partial charge is 0.459 e. The lowest BCUT2D eigenvalue weighted by Gasteiger charge is -2.58. The van der Waals surface area contributed by atoms with E-state index in [2.05, 4.69) is 13.8 Å². The van der Waals surface area contributed by atoms with Gasteiger partial charge in [-0.2, -0.15) is 0 Å². The molecule has 0 aromatic rings. The van der Waals surface area contributed by atoms with Gasteiger partial charge in [-0.1, -0.05) is 55.4 Å². The number of ether oxygens (including phenoxy) is 6. The molecule has 0 radical (unpaired) electrons. The van der Waals surface area contributed by atoms with Crippen LogP contribution in [-0.4, -0.2) is 144 Å². The summed E-state index contributed by atoms with van der Waals surface area (Å²) in [5.74, 6) is -7.17. The Morgan fingerprint density at radius 1 is 0.846 bits per heavy atom. The van der Waals surface area contributed by atoms with Crippen molar-refractivity contribution in [2.24, 2.45) is 47.3 Å². The van der Waals surface area contributed by atoms with Crippen LogP contribution in [0.25, 0.3) is 0 Å². The highest BCUT2D eigenvalue weighted by molar-refractivity contribution is 5.85. The van der Waals surface area contributed by atoms with Gasteiger partial charge < -0.3 is 64.2 Å². The second-order valence-corrected chi connectivity index (χ2v) is 21.8. The van der Waals surface area contributed by atoms with Gasteiger partial charge in [0, 0.05) is 42.6 Å². The molecule has 65 heavy (non-hydrogen) atoms. The molecule has 4 saturated heterocycles. The lowest BCUT2D eigenvalue weighted by atomic mass is 9.66. The Balaban J connectivity index is 1.14. The average molecular weight is 925 g/mol. The molecular formula is C50H84O15. The summed E-state index contributed by atoms with van der Waals surface area (Å²) in [6.07, 6.45) is -0.715. The number of ketones is 1. The first-order chi connectivity index (χ1) is 30.4. The Kier molecular flexibility index (Phi) is 16.3. The highest BCUT2D eigenvalue weighted by atomic mass is 16.8. The van der Waals surface area contributed by atoms with Crippen LogP contribution in [0.5, 0.6) is 0 Å². The van der Waals surface area contributed by atoms with Crippen molar-refractivity contribution < 1.29 is 73.8 Å². The van der Waals surface area contributed by atoms with Crippen molar-refractivity contribution >= 4 is 11.8 Å². The predicted octanol–water partition coefficient (Wildman–Crippen LogP) is 4.50. The van der Waals surface area contributed by atoms with E-state index in [1.165, 1.54) is 0 Å². The van der Waals surface area contributed by atoms with Crippen molar-refractivity contribution in [2.75, 3.05) is 6.61 Å². The lowest BCUT2D eigenvalue weighted by Crippen LogP contribution is -2.66. The molecule has 0 aromatic heterocycles. The zero-order valence-corrected chi connectivity index (χ0v) is 40.9. The number of aliphatic hydroxyl groups excluding tert-OH is 6. The van der Waals surface area contributed by atoms with Crippen LogP contribution < -0.4 is 0 Å². The number of carbonyl (C=O) groups excluding carboxylic acids is 2. The maximum atomic E-state index is 14.9. The molecule has 5 heterocycles. The summed E-state index contributed by atoms with van der Waals surface area (Å²) in [4.78, 5) is 28.5. The minimum atomic E-state index is -1.58. The van der Waals surface area contributed by atoms with Gasteiger partial charge in [-0.3, -0.25) is 9.59 Å². The van der Waals surface area contributed by atoms with E-state index in [0.29, 0.717) is 64.2 Å². The van der Waals surface area contributed by atoms with Gasteiger partial charge in [0.05, 0.1) is 59.3 Å². The maximum Gasteiger partial charge on any atom is 0.311 e. The first kappa shape index (κ1) is 52.8. The molecule has 6 aliphatic rings. The first-order valence-corrected chi connectivity index (χ1v) is 25.0. The number of hydrogen-bond acceptors (Lipinski definition) is 15. The van der Waals surface area contributed by atoms with Crippen LogP contribution in [0.1, 0.15) is 147 Å². The van der Waals surface area contributed by atoms with Gasteiger partial charge in [0.25, 0.3) is 0 Å². The van der Waals surface area contributed by atoms with E-state index in [1.807, 2.05) is 55.4 Å². The molecular weight excluding hydrogens is 841 g/mol. The van der Waals surface area contributed by atoms with E-state index in [1.54, 1.807) is 19.1 Å². The van der Waals surface area contributed by atoms with E-state index in [0.717, 1.165) is 0 Å². The van der Waals surface area contributed by atoms with Crippen LogP contribution >= 0.6 is 0 Å². The summed E-state index contributed by atoms with van der Waals surface area (Å²) >= 11 is 0. The van der Waals surface area contributed by atoms with Crippen molar-refractivity contribution in [3.05, 3.63) is 12.2 Å². The van der Waals surface area contributed by atoms with E-state index in [-0.39, 0.29) is 30.0 Å². The molecule has 23 atom stereocenters. The van der Waals surface area contributed by atoms with Crippen molar-refractivity contribution in [3.8, 4) is 0 Å². The third-order valence-corrected chi connectivity index (χ3v) is 17.7. The highest BCUT2D eigenvalue weighted by Gasteiger charge is 2.64. The average Bonchev–Trinajstić information content (AvgIpc) is 3.71.